The molecule has 0 bridgehead atoms. The molecule has 0 saturated heterocycles. The van der Waals surface area contributed by atoms with Crippen LogP contribution in [-0.2, 0) is 0 Å². The molecule has 1 rings (SSSR count). The van der Waals surface area contributed by atoms with E-state index < -0.39 is 0 Å². The van der Waals surface area contributed by atoms with Crippen LogP contribution in [0.15, 0.2) is 17.6 Å². The average molecular weight is 189 g/mol. The van der Waals surface area contributed by atoms with Crippen LogP contribution >= 0.6 is 22.9 Å². The minimum absolute atomic E-state index is 0.711. The summed E-state index contributed by atoms with van der Waals surface area (Å²) in [6.45, 7) is 0. The summed E-state index contributed by atoms with van der Waals surface area (Å²) < 4.78 is 0.744. The van der Waals surface area contributed by atoms with Gasteiger partial charge >= 0.3 is 0 Å². The minimum atomic E-state index is 0.711. The van der Waals surface area contributed by atoms with Gasteiger partial charge in [-0.3, -0.25) is 0 Å². The molecule has 0 radical (unpaired) electrons. The zero-order valence-corrected chi connectivity index (χ0v) is 7.52. The van der Waals surface area contributed by atoms with Gasteiger partial charge in [0.1, 0.15) is 0 Å². The maximum absolute atomic E-state index is 10.4. The standard InChI is InChI=1S/C7H7ClNOS/c1-9(10)3-2-7-4-6(8)5-11-7/h2-5H,1H3/q+1/b3-2+. The highest BCUT2D eigenvalue weighted by Gasteiger charge is 1.94. The van der Waals surface area contributed by atoms with Gasteiger partial charge in [-0.2, -0.15) is 0 Å². The Hall–Kier alpha value is -0.670. The molecule has 1 aromatic rings. The lowest BCUT2D eigenvalue weighted by molar-refractivity contribution is -0.443. The van der Waals surface area contributed by atoms with Gasteiger partial charge in [0, 0.05) is 26.0 Å². The second-order valence-corrected chi connectivity index (χ2v) is 3.41. The van der Waals surface area contributed by atoms with Gasteiger partial charge in [0.25, 0.3) is 0 Å². The second kappa shape index (κ2) is 3.64. The van der Waals surface area contributed by atoms with Crippen molar-refractivity contribution in [2.24, 2.45) is 0 Å². The first-order valence-electron chi connectivity index (χ1n) is 3.00. The molecule has 11 heavy (non-hydrogen) atoms. The van der Waals surface area contributed by atoms with E-state index >= 15 is 0 Å². The van der Waals surface area contributed by atoms with Crippen LogP contribution in [0.1, 0.15) is 4.88 Å². The topological polar surface area (TPSA) is 20.1 Å². The first kappa shape index (κ1) is 8.43. The van der Waals surface area contributed by atoms with Gasteiger partial charge in [0.2, 0.25) is 6.20 Å². The molecule has 1 aromatic heterocycles. The van der Waals surface area contributed by atoms with Crippen molar-refractivity contribution < 1.29 is 4.76 Å². The predicted molar refractivity (Wildman–Crippen MR) is 47.9 cm³/mol. The van der Waals surface area contributed by atoms with E-state index in [1.54, 1.807) is 6.08 Å². The van der Waals surface area contributed by atoms with E-state index in [1.165, 1.54) is 24.6 Å². The van der Waals surface area contributed by atoms with Crippen LogP contribution in [0.25, 0.3) is 6.08 Å². The van der Waals surface area contributed by atoms with Crippen molar-refractivity contribution in [3.05, 3.63) is 32.5 Å². The molecule has 0 spiro atoms. The van der Waals surface area contributed by atoms with Crippen molar-refractivity contribution in [3.63, 3.8) is 0 Å². The Morgan fingerprint density at radius 3 is 2.91 bits per heavy atom. The number of halogens is 1. The smallest absolute Gasteiger partial charge is 0.143 e. The molecule has 0 N–H and O–H groups in total. The molecule has 0 aromatic carbocycles. The van der Waals surface area contributed by atoms with Gasteiger partial charge in [0.15, 0.2) is 7.05 Å². The van der Waals surface area contributed by atoms with Crippen LogP contribution < -0.4 is 0 Å². The fourth-order valence-corrected chi connectivity index (χ4v) is 1.56. The number of rotatable bonds is 2. The largest absolute Gasteiger partial charge is 0.221 e. The number of nitroso groups, excluding NO2 is 1. The predicted octanol–water partition coefficient (Wildman–Crippen LogP) is 2.78. The second-order valence-electron chi connectivity index (χ2n) is 2.03. The van der Waals surface area contributed by atoms with E-state index in [-0.39, 0.29) is 0 Å². The highest BCUT2D eigenvalue weighted by atomic mass is 35.5. The summed E-state index contributed by atoms with van der Waals surface area (Å²) in [5.74, 6) is 0. The summed E-state index contributed by atoms with van der Waals surface area (Å²) >= 11 is 7.17. The summed E-state index contributed by atoms with van der Waals surface area (Å²) in [5, 5.41) is 2.54. The van der Waals surface area contributed by atoms with Crippen LogP contribution in [0, 0.1) is 4.91 Å². The van der Waals surface area contributed by atoms with Crippen molar-refractivity contribution in [1.29, 1.82) is 0 Å². The lowest BCUT2D eigenvalue weighted by atomic mass is 10.4. The van der Waals surface area contributed by atoms with Crippen LogP contribution in [0.2, 0.25) is 5.02 Å². The van der Waals surface area contributed by atoms with Crippen molar-refractivity contribution in [1.82, 2.24) is 0 Å². The summed E-state index contributed by atoms with van der Waals surface area (Å²) in [5.41, 5.74) is 0. The van der Waals surface area contributed by atoms with Gasteiger partial charge in [-0.1, -0.05) is 11.6 Å². The molecule has 1 heterocycles. The first-order chi connectivity index (χ1) is 5.18. The minimum Gasteiger partial charge on any atom is -0.143 e. The van der Waals surface area contributed by atoms with E-state index in [2.05, 4.69) is 0 Å². The SMILES string of the molecule is C[N+](=O)/C=C/c1cc(Cl)cs1. The molecule has 4 heteroatoms. The summed E-state index contributed by atoms with van der Waals surface area (Å²) in [4.78, 5) is 11.4. The van der Waals surface area contributed by atoms with Gasteiger partial charge in [-0.25, -0.2) is 0 Å². The van der Waals surface area contributed by atoms with Crippen molar-refractivity contribution in [2.45, 2.75) is 0 Å². The third kappa shape index (κ3) is 2.82. The summed E-state index contributed by atoms with van der Waals surface area (Å²) in [7, 11) is 1.44. The maximum Gasteiger partial charge on any atom is 0.221 e. The monoisotopic (exact) mass is 188 g/mol. The summed E-state index contributed by atoms with van der Waals surface area (Å²) in [6.07, 6.45) is 3.17. The van der Waals surface area contributed by atoms with Crippen LogP contribution in [-0.4, -0.2) is 11.8 Å². The van der Waals surface area contributed by atoms with E-state index in [1.807, 2.05) is 11.4 Å². The molecule has 0 aliphatic carbocycles. The van der Waals surface area contributed by atoms with Crippen LogP contribution in [0.4, 0.5) is 0 Å². The Balaban J connectivity index is 2.71. The number of hydrogen-bond acceptors (Lipinski definition) is 2. The zero-order valence-electron chi connectivity index (χ0n) is 5.95. The molecule has 2 nitrogen and oxygen atoms in total. The lowest BCUT2D eigenvalue weighted by Gasteiger charge is -1.75. The molecule has 0 aliphatic rings. The Morgan fingerprint density at radius 1 is 1.73 bits per heavy atom. The van der Waals surface area contributed by atoms with Gasteiger partial charge in [0.05, 0.1) is 5.02 Å². The number of hydrogen-bond donors (Lipinski definition) is 0. The normalized spacial score (nSPS) is 10.7. The number of nitrogens with zero attached hydrogens (tertiary/aromatic N) is 1. The van der Waals surface area contributed by atoms with E-state index in [9.17, 15) is 4.91 Å². The van der Waals surface area contributed by atoms with Gasteiger partial charge in [-0.05, 0) is 6.07 Å². The molecule has 0 unspecified atom stereocenters. The molecule has 58 valence electrons. The maximum atomic E-state index is 10.4. The Kier molecular flexibility index (Phi) is 2.79. The Labute approximate surface area is 73.7 Å². The molecule has 0 saturated carbocycles. The summed E-state index contributed by atoms with van der Waals surface area (Å²) in [6, 6.07) is 1.81. The van der Waals surface area contributed by atoms with Crippen molar-refractivity contribution in [3.8, 4) is 0 Å². The molecule has 0 amide bonds. The van der Waals surface area contributed by atoms with Gasteiger partial charge in [-0.15, -0.1) is 11.3 Å². The highest BCUT2D eigenvalue weighted by molar-refractivity contribution is 7.11. The van der Waals surface area contributed by atoms with Crippen LogP contribution in [0.3, 0.4) is 0 Å². The van der Waals surface area contributed by atoms with Crippen LogP contribution in [0.5, 0.6) is 0 Å². The van der Waals surface area contributed by atoms with E-state index in [0.29, 0.717) is 5.02 Å². The quantitative estimate of drug-likeness (QED) is 0.654. The Bertz CT molecular complexity index is 292. The molecule has 0 aliphatic heterocycles. The molecular formula is C7H7ClNOS+. The molecule has 0 atom stereocenters. The highest BCUT2D eigenvalue weighted by Crippen LogP contribution is 2.19. The fraction of sp³-hybridized carbons (Fsp3) is 0.143. The fourth-order valence-electron chi connectivity index (χ4n) is 0.594. The third-order valence-electron chi connectivity index (χ3n) is 1.04. The zero-order chi connectivity index (χ0) is 8.27. The lowest BCUT2D eigenvalue weighted by Crippen LogP contribution is -1.84. The van der Waals surface area contributed by atoms with E-state index in [4.69, 9.17) is 11.6 Å². The Morgan fingerprint density at radius 2 is 2.45 bits per heavy atom. The molecular weight excluding hydrogens is 182 g/mol. The van der Waals surface area contributed by atoms with Gasteiger partial charge < -0.3 is 0 Å². The average Bonchev–Trinajstić information content (AvgIpc) is 2.31. The van der Waals surface area contributed by atoms with Crippen molar-refractivity contribution in [2.75, 3.05) is 7.05 Å². The third-order valence-corrected chi connectivity index (χ3v) is 2.28. The van der Waals surface area contributed by atoms with Crippen molar-refractivity contribution >= 4 is 29.0 Å². The number of thiophene rings is 1. The molecule has 0 fully saturated rings. The van der Waals surface area contributed by atoms with E-state index in [0.717, 1.165) is 9.64 Å². The first-order valence-corrected chi connectivity index (χ1v) is 4.26.